The Bertz CT molecular complexity index is 1290. The monoisotopic (exact) mass is 512 g/mol. The summed E-state index contributed by atoms with van der Waals surface area (Å²) in [6.45, 7) is 8.39. The third-order valence-corrected chi connectivity index (χ3v) is 7.57. The van der Waals surface area contributed by atoms with Crippen LogP contribution in [0, 0.1) is 6.92 Å². The number of β-amino-alcohol motifs (C(OH)–C–C–N with tert-alkyl or cyclic N) is 1. The van der Waals surface area contributed by atoms with E-state index in [4.69, 9.17) is 20.9 Å². The van der Waals surface area contributed by atoms with E-state index in [9.17, 15) is 5.11 Å². The molecule has 0 radical (unpaired) electrons. The first-order valence-corrected chi connectivity index (χ1v) is 13.0. The van der Waals surface area contributed by atoms with E-state index >= 15 is 0 Å². The van der Waals surface area contributed by atoms with Crippen LogP contribution in [0.2, 0.25) is 5.02 Å². The van der Waals surface area contributed by atoms with E-state index < -0.39 is 6.10 Å². The van der Waals surface area contributed by atoms with Gasteiger partial charge in [-0.15, -0.1) is 11.3 Å². The molecule has 1 aliphatic rings. The lowest BCUT2D eigenvalue weighted by atomic mass is 10.1. The summed E-state index contributed by atoms with van der Waals surface area (Å²) in [6.07, 6.45) is -0.560. The Hall–Kier alpha value is -2.49. The van der Waals surface area contributed by atoms with Crippen LogP contribution in [-0.2, 0) is 6.54 Å². The number of rotatable bonds is 8. The fraction of sp³-hybridized carbons (Fsp3) is 0.385. The second-order valence-corrected chi connectivity index (χ2v) is 10.7. The lowest BCUT2D eigenvalue weighted by Crippen LogP contribution is -2.53. The van der Waals surface area contributed by atoms with E-state index in [2.05, 4.69) is 26.9 Å². The number of benzene rings is 2. The molecule has 1 saturated heterocycles. The Morgan fingerprint density at radius 2 is 2.09 bits per heavy atom. The number of aliphatic hydroxyl groups excluding tert-OH is 1. The Kier molecular flexibility index (Phi) is 7.36. The van der Waals surface area contributed by atoms with Crippen molar-refractivity contribution in [3.05, 3.63) is 64.3 Å². The van der Waals surface area contributed by atoms with Crippen LogP contribution in [0.1, 0.15) is 17.6 Å². The first-order valence-electron chi connectivity index (χ1n) is 11.8. The van der Waals surface area contributed by atoms with Crippen LogP contribution in [0.3, 0.4) is 0 Å². The molecule has 0 spiro atoms. The second-order valence-electron chi connectivity index (χ2n) is 9.07. The van der Waals surface area contributed by atoms with Crippen LogP contribution in [0.25, 0.3) is 21.5 Å². The molecule has 2 atom stereocenters. The van der Waals surface area contributed by atoms with Crippen molar-refractivity contribution in [3.8, 4) is 17.1 Å². The zero-order chi connectivity index (χ0) is 24.4. The number of hydrogen-bond donors (Lipinski definition) is 1. The molecule has 0 unspecified atom stereocenters. The van der Waals surface area contributed by atoms with Crippen LogP contribution in [0.4, 0.5) is 0 Å². The van der Waals surface area contributed by atoms with Crippen molar-refractivity contribution in [2.75, 3.05) is 32.8 Å². The molecule has 3 heterocycles. The fourth-order valence-electron chi connectivity index (χ4n) is 4.51. The minimum Gasteiger partial charge on any atom is -0.491 e. The number of halogens is 1. The van der Waals surface area contributed by atoms with E-state index in [1.54, 1.807) is 11.3 Å². The summed E-state index contributed by atoms with van der Waals surface area (Å²) in [5.74, 6) is 1.42. The maximum Gasteiger partial charge on any atom is 0.168 e. The second kappa shape index (κ2) is 10.6. The van der Waals surface area contributed by atoms with Crippen LogP contribution >= 0.6 is 22.9 Å². The van der Waals surface area contributed by atoms with Crippen molar-refractivity contribution in [2.45, 2.75) is 32.5 Å². The Labute approximate surface area is 213 Å². The van der Waals surface area contributed by atoms with Gasteiger partial charge in [-0.05, 0) is 38.1 Å². The number of nitrogens with zero attached hydrogens (tertiary/aromatic N) is 4. The van der Waals surface area contributed by atoms with Crippen LogP contribution in [0.15, 0.2) is 53.1 Å². The van der Waals surface area contributed by atoms with Gasteiger partial charge in [0.2, 0.25) is 0 Å². The van der Waals surface area contributed by atoms with Gasteiger partial charge in [-0.2, -0.15) is 0 Å². The van der Waals surface area contributed by atoms with E-state index in [0.717, 1.165) is 51.9 Å². The summed E-state index contributed by atoms with van der Waals surface area (Å²) in [6, 6.07) is 15.8. The highest BCUT2D eigenvalue weighted by atomic mass is 35.5. The molecular weight excluding hydrogens is 484 g/mol. The Morgan fingerprint density at radius 3 is 2.91 bits per heavy atom. The molecule has 7 nitrogen and oxygen atoms in total. The predicted molar refractivity (Wildman–Crippen MR) is 139 cm³/mol. The molecule has 9 heteroatoms. The molecule has 0 saturated carbocycles. The highest BCUT2D eigenvalue weighted by Crippen LogP contribution is 2.29. The number of thiazole rings is 1. The van der Waals surface area contributed by atoms with E-state index in [0.29, 0.717) is 29.9 Å². The predicted octanol–water partition coefficient (Wildman–Crippen LogP) is 4.86. The van der Waals surface area contributed by atoms with Gasteiger partial charge in [0.1, 0.15) is 18.5 Å². The first kappa shape index (κ1) is 24.2. The summed E-state index contributed by atoms with van der Waals surface area (Å²) >= 11 is 7.96. The zero-order valence-corrected chi connectivity index (χ0v) is 21.4. The molecule has 1 N–H and O–H groups in total. The highest BCUT2D eigenvalue weighted by Gasteiger charge is 2.26. The van der Waals surface area contributed by atoms with Gasteiger partial charge in [0.15, 0.2) is 5.76 Å². The molecule has 35 heavy (non-hydrogen) atoms. The molecule has 0 aliphatic carbocycles. The van der Waals surface area contributed by atoms with Crippen molar-refractivity contribution in [1.82, 2.24) is 19.9 Å². The summed E-state index contributed by atoms with van der Waals surface area (Å²) in [7, 11) is 0. The molecular formula is C26H29ClN4O3S. The van der Waals surface area contributed by atoms with Gasteiger partial charge in [-0.3, -0.25) is 9.80 Å². The molecule has 1 aliphatic heterocycles. The van der Waals surface area contributed by atoms with Crippen molar-refractivity contribution in [3.63, 3.8) is 0 Å². The van der Waals surface area contributed by atoms with Crippen molar-refractivity contribution < 1.29 is 14.4 Å². The number of hydrogen-bond acceptors (Lipinski definition) is 8. The van der Waals surface area contributed by atoms with Crippen molar-refractivity contribution in [2.24, 2.45) is 0 Å². The van der Waals surface area contributed by atoms with Gasteiger partial charge >= 0.3 is 0 Å². The fourth-order valence-corrected chi connectivity index (χ4v) is 5.55. The van der Waals surface area contributed by atoms with Gasteiger partial charge in [-0.25, -0.2) is 4.98 Å². The number of aromatic nitrogens is 2. The average Bonchev–Trinajstić information content (AvgIpc) is 3.45. The summed E-state index contributed by atoms with van der Waals surface area (Å²) in [5.41, 5.74) is 2.68. The molecule has 2 aromatic carbocycles. The van der Waals surface area contributed by atoms with Gasteiger partial charge in [-0.1, -0.05) is 28.9 Å². The maximum atomic E-state index is 10.6. The highest BCUT2D eigenvalue weighted by molar-refractivity contribution is 7.18. The number of aryl methyl sites for hydroxylation is 1. The summed E-state index contributed by atoms with van der Waals surface area (Å²) < 4.78 is 12.5. The first-order chi connectivity index (χ1) is 16.9. The quantitative estimate of drug-likeness (QED) is 0.361. The van der Waals surface area contributed by atoms with Gasteiger partial charge in [0.25, 0.3) is 0 Å². The van der Waals surface area contributed by atoms with Crippen LogP contribution in [0.5, 0.6) is 5.75 Å². The molecule has 2 aromatic heterocycles. The topological polar surface area (TPSA) is 74.9 Å². The summed E-state index contributed by atoms with van der Waals surface area (Å²) in [5, 5.41) is 16.5. The number of ether oxygens (including phenoxy) is 1. The van der Waals surface area contributed by atoms with Gasteiger partial charge in [0.05, 0.1) is 25.9 Å². The lowest BCUT2D eigenvalue weighted by molar-refractivity contribution is 0.0250. The molecule has 184 valence electrons. The molecule has 1 fully saturated rings. The van der Waals surface area contributed by atoms with Gasteiger partial charge in [0, 0.05) is 56.5 Å². The third kappa shape index (κ3) is 5.85. The molecule has 0 amide bonds. The maximum absolute atomic E-state index is 10.6. The number of aliphatic hydroxyl groups is 1. The molecule has 4 aromatic rings. The van der Waals surface area contributed by atoms with Gasteiger partial charge < -0.3 is 14.4 Å². The Morgan fingerprint density at radius 1 is 1.23 bits per heavy atom. The zero-order valence-electron chi connectivity index (χ0n) is 19.9. The lowest BCUT2D eigenvalue weighted by Gasteiger charge is -2.40. The number of fused-ring (bicyclic) bond motifs is 1. The molecule has 0 bridgehead atoms. The van der Waals surface area contributed by atoms with E-state index in [-0.39, 0.29) is 6.61 Å². The normalized spacial score (nSPS) is 18.2. The van der Waals surface area contributed by atoms with Crippen LogP contribution < -0.4 is 4.74 Å². The van der Waals surface area contributed by atoms with Crippen LogP contribution in [-0.4, -0.2) is 70.0 Å². The van der Waals surface area contributed by atoms with E-state index in [1.165, 1.54) is 0 Å². The van der Waals surface area contributed by atoms with E-state index in [1.807, 2.05) is 55.5 Å². The third-order valence-electron chi connectivity index (χ3n) is 6.29. The minimum absolute atomic E-state index is 0.257. The average molecular weight is 513 g/mol. The minimum atomic E-state index is -0.560. The van der Waals surface area contributed by atoms with Crippen molar-refractivity contribution in [1.29, 1.82) is 0 Å². The largest absolute Gasteiger partial charge is 0.491 e. The SMILES string of the molecule is Cc1nc2cc(OC[C@@H](O)CN3CCN(Cc4cc(-c5ccccc5Cl)on4)[C@@H](C)C3)ccc2s1. The Balaban J connectivity index is 1.10. The van der Waals surface area contributed by atoms with Crippen molar-refractivity contribution >= 4 is 33.2 Å². The standard InChI is InChI=1S/C26H29ClN4O3S/c1-17-13-30(15-20(32)16-33-21-7-8-26-24(12-21)28-18(2)35-26)9-10-31(17)14-19-11-25(34-29-19)22-5-3-4-6-23(22)27/h3-8,11-12,17,20,32H,9-10,13-16H2,1-2H3/t17-,20-/m0/s1. The summed E-state index contributed by atoms with van der Waals surface area (Å²) in [4.78, 5) is 9.19. The molecule has 5 rings (SSSR count). The number of piperazine rings is 1. The smallest absolute Gasteiger partial charge is 0.168 e.